The van der Waals surface area contributed by atoms with E-state index in [1.807, 2.05) is 27.7 Å². The average molecular weight is 229 g/mol. The third kappa shape index (κ3) is 5.73. The normalized spacial score (nSPS) is 14.6. The number of carboxylic acid groups (broad SMARTS) is 1. The quantitative estimate of drug-likeness (QED) is 0.702. The molecule has 0 bridgehead atoms. The predicted molar refractivity (Wildman–Crippen MR) is 63.1 cm³/mol. The number of hydrogen-bond donors (Lipinski definition) is 2. The zero-order chi connectivity index (χ0) is 12.7. The summed E-state index contributed by atoms with van der Waals surface area (Å²) in [5.41, 5.74) is 0. The van der Waals surface area contributed by atoms with Crippen LogP contribution in [0.2, 0.25) is 0 Å². The summed E-state index contributed by atoms with van der Waals surface area (Å²) in [5.74, 6) is -0.702. The van der Waals surface area contributed by atoms with Crippen molar-refractivity contribution in [2.45, 2.75) is 53.0 Å². The fourth-order valence-corrected chi connectivity index (χ4v) is 1.35. The zero-order valence-electron chi connectivity index (χ0n) is 10.6. The molecule has 0 aromatic carbocycles. The second-order valence-corrected chi connectivity index (χ2v) is 4.70. The minimum atomic E-state index is -0.952. The maximum absolute atomic E-state index is 11.5. The van der Waals surface area contributed by atoms with Gasteiger partial charge in [-0.05, 0) is 18.3 Å². The van der Waals surface area contributed by atoms with E-state index in [0.29, 0.717) is 12.3 Å². The number of amides is 1. The van der Waals surface area contributed by atoms with Crippen LogP contribution >= 0.6 is 0 Å². The molecule has 0 rings (SSSR count). The molecule has 94 valence electrons. The van der Waals surface area contributed by atoms with Gasteiger partial charge in [0, 0.05) is 6.42 Å². The Labute approximate surface area is 97.4 Å². The van der Waals surface area contributed by atoms with Gasteiger partial charge in [0.2, 0.25) is 5.91 Å². The van der Waals surface area contributed by atoms with E-state index < -0.39 is 12.0 Å². The Balaban J connectivity index is 4.19. The molecule has 0 spiro atoms. The first-order valence-corrected chi connectivity index (χ1v) is 5.90. The number of rotatable bonds is 7. The van der Waals surface area contributed by atoms with Crippen molar-refractivity contribution >= 4 is 11.9 Å². The van der Waals surface area contributed by atoms with E-state index >= 15 is 0 Å². The first-order valence-electron chi connectivity index (χ1n) is 5.90. The highest BCUT2D eigenvalue weighted by Crippen LogP contribution is 2.09. The minimum Gasteiger partial charge on any atom is -0.480 e. The zero-order valence-corrected chi connectivity index (χ0v) is 10.6. The highest BCUT2D eigenvalue weighted by Gasteiger charge is 2.24. The molecule has 0 unspecified atom stereocenters. The summed E-state index contributed by atoms with van der Waals surface area (Å²) in [6.07, 6.45) is 1.93. The van der Waals surface area contributed by atoms with Gasteiger partial charge in [0.15, 0.2) is 0 Å². The van der Waals surface area contributed by atoms with Crippen molar-refractivity contribution in [3.63, 3.8) is 0 Å². The molecule has 2 N–H and O–H groups in total. The fraction of sp³-hybridized carbons (Fsp3) is 0.833. The fourth-order valence-electron chi connectivity index (χ4n) is 1.35. The van der Waals surface area contributed by atoms with Gasteiger partial charge >= 0.3 is 5.97 Å². The van der Waals surface area contributed by atoms with E-state index in [4.69, 9.17) is 5.11 Å². The monoisotopic (exact) mass is 229 g/mol. The first kappa shape index (κ1) is 14.9. The van der Waals surface area contributed by atoms with E-state index in [2.05, 4.69) is 5.32 Å². The predicted octanol–water partition coefficient (Wildman–Crippen LogP) is 2.04. The van der Waals surface area contributed by atoms with Gasteiger partial charge in [-0.1, -0.05) is 34.1 Å². The van der Waals surface area contributed by atoms with Crippen molar-refractivity contribution < 1.29 is 14.7 Å². The largest absolute Gasteiger partial charge is 0.480 e. The van der Waals surface area contributed by atoms with Gasteiger partial charge in [0.1, 0.15) is 6.04 Å². The summed E-state index contributed by atoms with van der Waals surface area (Å²) < 4.78 is 0. The van der Waals surface area contributed by atoms with Crippen molar-refractivity contribution in [2.75, 3.05) is 0 Å². The van der Waals surface area contributed by atoms with Gasteiger partial charge in [-0.2, -0.15) is 0 Å². The van der Waals surface area contributed by atoms with Crippen molar-refractivity contribution in [3.05, 3.63) is 0 Å². The van der Waals surface area contributed by atoms with Crippen LogP contribution in [-0.2, 0) is 9.59 Å². The number of hydrogen-bond acceptors (Lipinski definition) is 2. The molecule has 0 heterocycles. The van der Waals surface area contributed by atoms with E-state index in [9.17, 15) is 9.59 Å². The molecule has 0 aliphatic rings. The summed E-state index contributed by atoms with van der Waals surface area (Å²) in [6, 6.07) is -0.760. The first-order chi connectivity index (χ1) is 7.38. The van der Waals surface area contributed by atoms with Crippen LogP contribution in [0, 0.1) is 11.8 Å². The lowest BCUT2D eigenvalue weighted by atomic mass is 9.99. The Hall–Kier alpha value is -1.06. The number of carboxylic acids is 1. The molecule has 0 aliphatic heterocycles. The van der Waals surface area contributed by atoms with Gasteiger partial charge in [-0.3, -0.25) is 4.79 Å². The maximum atomic E-state index is 11.5. The molecule has 0 aromatic heterocycles. The lowest BCUT2D eigenvalue weighted by molar-refractivity contribution is -0.143. The number of nitrogens with one attached hydrogen (secondary N) is 1. The van der Waals surface area contributed by atoms with Gasteiger partial charge in [0.25, 0.3) is 0 Å². The molecule has 0 radical (unpaired) electrons. The summed E-state index contributed by atoms with van der Waals surface area (Å²) in [6.45, 7) is 7.83. The van der Waals surface area contributed by atoms with E-state index in [1.54, 1.807) is 0 Å². The number of carbonyl (C=O) groups is 2. The van der Waals surface area contributed by atoms with Crippen molar-refractivity contribution in [1.82, 2.24) is 5.32 Å². The van der Waals surface area contributed by atoms with E-state index in [0.717, 1.165) is 12.8 Å². The van der Waals surface area contributed by atoms with Crippen LogP contribution in [0.15, 0.2) is 0 Å². The van der Waals surface area contributed by atoms with Crippen LogP contribution in [0.1, 0.15) is 47.0 Å². The van der Waals surface area contributed by atoms with Gasteiger partial charge in [-0.25, -0.2) is 4.79 Å². The highest BCUT2D eigenvalue weighted by atomic mass is 16.4. The molecule has 4 heteroatoms. The van der Waals surface area contributed by atoms with Crippen LogP contribution < -0.4 is 5.32 Å². The minimum absolute atomic E-state index is 0.0412. The standard InChI is InChI=1S/C12H23NO3/c1-5-9(4)11(12(15)16)13-10(14)7-6-8(2)3/h8-9,11H,5-7H2,1-4H3,(H,13,14)(H,15,16)/t9-,11-/m0/s1. The molecule has 4 nitrogen and oxygen atoms in total. The second kappa shape index (κ2) is 7.25. The smallest absolute Gasteiger partial charge is 0.326 e. The van der Waals surface area contributed by atoms with Gasteiger partial charge in [0.05, 0.1) is 0 Å². The maximum Gasteiger partial charge on any atom is 0.326 e. The summed E-state index contributed by atoms with van der Waals surface area (Å²) in [7, 11) is 0. The molecule has 0 aliphatic carbocycles. The highest BCUT2D eigenvalue weighted by molar-refractivity contribution is 5.83. The summed E-state index contributed by atoms with van der Waals surface area (Å²) >= 11 is 0. The Morgan fingerprint density at radius 2 is 1.81 bits per heavy atom. The Morgan fingerprint density at radius 1 is 1.25 bits per heavy atom. The lowest BCUT2D eigenvalue weighted by Gasteiger charge is -2.20. The molecule has 0 saturated carbocycles. The molecule has 0 fully saturated rings. The van der Waals surface area contributed by atoms with Crippen molar-refractivity contribution in [3.8, 4) is 0 Å². The van der Waals surface area contributed by atoms with Crippen LogP contribution in [-0.4, -0.2) is 23.0 Å². The molecule has 0 aromatic rings. The lowest BCUT2D eigenvalue weighted by Crippen LogP contribution is -2.45. The average Bonchev–Trinajstić information content (AvgIpc) is 2.21. The molecular formula is C12H23NO3. The molecular weight excluding hydrogens is 206 g/mol. The Morgan fingerprint density at radius 3 is 2.19 bits per heavy atom. The van der Waals surface area contributed by atoms with E-state index in [1.165, 1.54) is 0 Å². The third-order valence-electron chi connectivity index (χ3n) is 2.74. The summed E-state index contributed by atoms with van der Waals surface area (Å²) in [4.78, 5) is 22.5. The van der Waals surface area contributed by atoms with Crippen LogP contribution in [0.3, 0.4) is 0 Å². The molecule has 2 atom stereocenters. The van der Waals surface area contributed by atoms with Gasteiger partial charge in [-0.15, -0.1) is 0 Å². The Bertz CT molecular complexity index is 238. The molecule has 16 heavy (non-hydrogen) atoms. The molecule has 1 amide bonds. The topological polar surface area (TPSA) is 66.4 Å². The van der Waals surface area contributed by atoms with E-state index in [-0.39, 0.29) is 11.8 Å². The SMILES string of the molecule is CC[C@H](C)[C@H](NC(=O)CCC(C)C)C(=O)O. The second-order valence-electron chi connectivity index (χ2n) is 4.70. The Kier molecular flexibility index (Phi) is 6.77. The van der Waals surface area contributed by atoms with Crippen LogP contribution in [0.4, 0.5) is 0 Å². The van der Waals surface area contributed by atoms with Crippen molar-refractivity contribution in [2.24, 2.45) is 11.8 Å². The van der Waals surface area contributed by atoms with Gasteiger partial charge < -0.3 is 10.4 Å². The number of carbonyl (C=O) groups excluding carboxylic acids is 1. The van der Waals surface area contributed by atoms with Crippen LogP contribution in [0.5, 0.6) is 0 Å². The third-order valence-corrected chi connectivity index (χ3v) is 2.74. The number of aliphatic carboxylic acids is 1. The summed E-state index contributed by atoms with van der Waals surface area (Å²) in [5, 5.41) is 11.6. The molecule has 0 saturated heterocycles. The van der Waals surface area contributed by atoms with Crippen molar-refractivity contribution in [1.29, 1.82) is 0 Å². The van der Waals surface area contributed by atoms with Crippen LogP contribution in [0.25, 0.3) is 0 Å².